The fraction of sp³-hybridized carbons (Fsp3) is 0.750. The minimum Gasteiger partial charge on any atom is -0.335 e. The summed E-state index contributed by atoms with van der Waals surface area (Å²) in [5.41, 5.74) is -0.179. The number of hydrogen-bond acceptors (Lipinski definition) is 1. The molecule has 0 radical (unpaired) electrons. The highest BCUT2D eigenvalue weighted by molar-refractivity contribution is 5.82. The van der Waals surface area contributed by atoms with Crippen molar-refractivity contribution >= 4 is 5.91 Å². The lowest BCUT2D eigenvalue weighted by Gasteiger charge is -2.29. The van der Waals surface area contributed by atoms with Crippen molar-refractivity contribution in [1.82, 2.24) is 4.90 Å². The van der Waals surface area contributed by atoms with Crippen LogP contribution in [0.5, 0.6) is 0 Å². The molecular formula is C12H21NO. The van der Waals surface area contributed by atoms with E-state index in [1.807, 2.05) is 4.90 Å². The number of hydrogen-bond donors (Lipinski definition) is 0. The lowest BCUT2D eigenvalue weighted by atomic mass is 9.86. The maximum Gasteiger partial charge on any atom is 0.228 e. The topological polar surface area (TPSA) is 20.3 Å². The maximum absolute atomic E-state index is 12.1. The molecule has 0 aromatic heterocycles. The van der Waals surface area contributed by atoms with E-state index >= 15 is 0 Å². The third kappa shape index (κ3) is 2.60. The van der Waals surface area contributed by atoms with Crippen LogP contribution in [0.3, 0.4) is 0 Å². The first kappa shape index (κ1) is 11.3. The molecule has 1 rings (SSSR count). The number of nitrogens with zero attached hydrogens (tertiary/aromatic N) is 1. The summed E-state index contributed by atoms with van der Waals surface area (Å²) in [6, 6.07) is 0. The van der Waals surface area contributed by atoms with E-state index in [0.717, 1.165) is 32.4 Å². The van der Waals surface area contributed by atoms with E-state index in [4.69, 9.17) is 0 Å². The Kier molecular flexibility index (Phi) is 3.73. The third-order valence-corrected chi connectivity index (χ3v) is 2.84. The second-order valence-corrected chi connectivity index (χ2v) is 4.67. The van der Waals surface area contributed by atoms with Crippen molar-refractivity contribution in [2.75, 3.05) is 13.1 Å². The molecule has 1 aliphatic rings. The van der Waals surface area contributed by atoms with Crippen molar-refractivity contribution in [3.05, 3.63) is 12.2 Å². The Bertz CT molecular complexity index is 222. The molecule has 14 heavy (non-hydrogen) atoms. The Labute approximate surface area is 87.0 Å². The predicted molar refractivity (Wildman–Crippen MR) is 59.0 cm³/mol. The van der Waals surface area contributed by atoms with Crippen LogP contribution in [0.2, 0.25) is 0 Å². The second-order valence-electron chi connectivity index (χ2n) is 4.67. The van der Waals surface area contributed by atoms with Crippen LogP contribution in [0.1, 0.15) is 40.0 Å². The van der Waals surface area contributed by atoms with Gasteiger partial charge in [0.1, 0.15) is 0 Å². The Morgan fingerprint density at radius 3 is 2.43 bits per heavy atom. The minimum atomic E-state index is -0.179. The summed E-state index contributed by atoms with van der Waals surface area (Å²) in [4.78, 5) is 14.0. The Hall–Kier alpha value is -0.790. The van der Waals surface area contributed by atoms with Gasteiger partial charge in [0.25, 0.3) is 0 Å². The van der Waals surface area contributed by atoms with Gasteiger partial charge in [-0.3, -0.25) is 4.79 Å². The highest BCUT2D eigenvalue weighted by atomic mass is 16.2. The normalized spacial score (nSPS) is 16.4. The first-order valence-electron chi connectivity index (χ1n) is 5.52. The van der Waals surface area contributed by atoms with Crippen LogP contribution >= 0.6 is 0 Å². The van der Waals surface area contributed by atoms with Crippen LogP contribution in [0.4, 0.5) is 0 Å². The Balaban J connectivity index is 2.48. The van der Waals surface area contributed by atoms with Crippen molar-refractivity contribution in [3.63, 3.8) is 0 Å². The number of amides is 1. The summed E-state index contributed by atoms with van der Waals surface area (Å²) in [7, 11) is 0. The van der Waals surface area contributed by atoms with Crippen LogP contribution in [-0.2, 0) is 4.79 Å². The number of carbonyl (C=O) groups is 1. The largest absolute Gasteiger partial charge is 0.335 e. The zero-order chi connectivity index (χ0) is 10.6. The van der Waals surface area contributed by atoms with Gasteiger partial charge in [0.15, 0.2) is 0 Å². The van der Waals surface area contributed by atoms with Crippen LogP contribution in [0, 0.1) is 5.41 Å². The molecule has 0 N–H and O–H groups in total. The highest BCUT2D eigenvalue weighted by Gasteiger charge is 2.31. The smallest absolute Gasteiger partial charge is 0.228 e. The predicted octanol–water partition coefficient (Wildman–Crippen LogP) is 2.60. The van der Waals surface area contributed by atoms with Crippen LogP contribution in [0.25, 0.3) is 0 Å². The molecule has 0 spiro atoms. The van der Waals surface area contributed by atoms with Crippen molar-refractivity contribution in [2.45, 2.75) is 40.0 Å². The zero-order valence-electron chi connectivity index (χ0n) is 9.55. The summed E-state index contributed by atoms with van der Waals surface area (Å²) in [5.74, 6) is 0.302. The average Bonchev–Trinajstić information content (AvgIpc) is 2.66. The molecule has 0 atom stereocenters. The quantitative estimate of drug-likeness (QED) is 0.631. The monoisotopic (exact) mass is 195 g/mol. The third-order valence-electron chi connectivity index (χ3n) is 2.84. The number of unbranched alkanes of at least 4 members (excludes halogenated alkanes) is 1. The molecular weight excluding hydrogens is 174 g/mol. The molecule has 0 fully saturated rings. The molecule has 0 bridgehead atoms. The summed E-state index contributed by atoms with van der Waals surface area (Å²) in [5, 5.41) is 0. The molecule has 0 aromatic rings. The summed E-state index contributed by atoms with van der Waals surface area (Å²) in [6.07, 6.45) is 7.43. The van der Waals surface area contributed by atoms with Gasteiger partial charge >= 0.3 is 0 Å². The standard InChI is InChI=1S/C12H21NO/c1-4-5-8-12(2,3)11(14)13-9-6-7-10-13/h6-7H,4-5,8-10H2,1-3H3. The van der Waals surface area contributed by atoms with Gasteiger partial charge in [-0.1, -0.05) is 45.8 Å². The van der Waals surface area contributed by atoms with Crippen LogP contribution in [0.15, 0.2) is 12.2 Å². The van der Waals surface area contributed by atoms with Gasteiger partial charge in [0.05, 0.1) is 0 Å². The second kappa shape index (κ2) is 4.63. The average molecular weight is 195 g/mol. The van der Waals surface area contributed by atoms with Gasteiger partial charge < -0.3 is 4.90 Å². The molecule has 1 heterocycles. The Morgan fingerprint density at radius 2 is 1.93 bits per heavy atom. The van der Waals surface area contributed by atoms with Crippen molar-refractivity contribution in [3.8, 4) is 0 Å². The lowest BCUT2D eigenvalue weighted by Crippen LogP contribution is -2.39. The molecule has 0 saturated heterocycles. The van der Waals surface area contributed by atoms with E-state index < -0.39 is 0 Å². The van der Waals surface area contributed by atoms with E-state index in [2.05, 4.69) is 32.9 Å². The summed E-state index contributed by atoms with van der Waals surface area (Å²) >= 11 is 0. The molecule has 80 valence electrons. The van der Waals surface area contributed by atoms with E-state index in [9.17, 15) is 4.79 Å². The Morgan fingerprint density at radius 1 is 1.36 bits per heavy atom. The minimum absolute atomic E-state index is 0.179. The summed E-state index contributed by atoms with van der Waals surface area (Å²) < 4.78 is 0. The fourth-order valence-electron chi connectivity index (χ4n) is 1.80. The molecule has 2 nitrogen and oxygen atoms in total. The number of rotatable bonds is 4. The van der Waals surface area contributed by atoms with Crippen molar-refractivity contribution in [2.24, 2.45) is 5.41 Å². The SMILES string of the molecule is CCCCC(C)(C)C(=O)N1CC=CC1. The maximum atomic E-state index is 12.1. The van der Waals surface area contributed by atoms with Crippen molar-refractivity contribution in [1.29, 1.82) is 0 Å². The van der Waals surface area contributed by atoms with Gasteiger partial charge in [0, 0.05) is 18.5 Å². The first-order chi connectivity index (χ1) is 6.58. The first-order valence-corrected chi connectivity index (χ1v) is 5.52. The highest BCUT2D eigenvalue weighted by Crippen LogP contribution is 2.26. The van der Waals surface area contributed by atoms with E-state index in [1.54, 1.807) is 0 Å². The molecule has 2 heteroatoms. The van der Waals surface area contributed by atoms with Gasteiger partial charge in [-0.05, 0) is 6.42 Å². The molecule has 0 aliphatic carbocycles. The van der Waals surface area contributed by atoms with Gasteiger partial charge in [-0.25, -0.2) is 0 Å². The molecule has 0 unspecified atom stereocenters. The molecule has 1 amide bonds. The van der Waals surface area contributed by atoms with Crippen molar-refractivity contribution < 1.29 is 4.79 Å². The van der Waals surface area contributed by atoms with E-state index in [0.29, 0.717) is 5.91 Å². The lowest BCUT2D eigenvalue weighted by molar-refractivity contribution is -0.139. The van der Waals surface area contributed by atoms with E-state index in [1.165, 1.54) is 0 Å². The fourth-order valence-corrected chi connectivity index (χ4v) is 1.80. The van der Waals surface area contributed by atoms with Crippen LogP contribution in [-0.4, -0.2) is 23.9 Å². The van der Waals surface area contributed by atoms with E-state index in [-0.39, 0.29) is 5.41 Å². The molecule has 0 aromatic carbocycles. The zero-order valence-corrected chi connectivity index (χ0v) is 9.55. The molecule has 0 saturated carbocycles. The molecule has 1 aliphatic heterocycles. The summed E-state index contributed by atoms with van der Waals surface area (Å²) in [6.45, 7) is 7.88. The van der Waals surface area contributed by atoms with Crippen LogP contribution < -0.4 is 0 Å². The van der Waals surface area contributed by atoms with Gasteiger partial charge in [0.2, 0.25) is 5.91 Å². The van der Waals surface area contributed by atoms with Gasteiger partial charge in [-0.2, -0.15) is 0 Å². The van der Waals surface area contributed by atoms with Gasteiger partial charge in [-0.15, -0.1) is 0 Å². The number of carbonyl (C=O) groups excluding carboxylic acids is 1.